The summed E-state index contributed by atoms with van der Waals surface area (Å²) < 4.78 is 5.43. The highest BCUT2D eigenvalue weighted by Crippen LogP contribution is 2.34. The van der Waals surface area contributed by atoms with E-state index in [1.54, 1.807) is 30.2 Å². The average molecular weight is 356 g/mol. The highest BCUT2D eigenvalue weighted by Gasteiger charge is 2.24. The van der Waals surface area contributed by atoms with Crippen molar-refractivity contribution in [1.29, 1.82) is 0 Å². The third-order valence-corrected chi connectivity index (χ3v) is 4.95. The van der Waals surface area contributed by atoms with Crippen LogP contribution in [-0.2, 0) is 4.79 Å². The highest BCUT2D eigenvalue weighted by atomic mass is 32.2. The Morgan fingerprint density at radius 3 is 2.72 bits per heavy atom. The number of benzene rings is 2. The number of methoxy groups -OCH3 is 1. The van der Waals surface area contributed by atoms with Crippen LogP contribution in [0.4, 0.5) is 11.4 Å². The molecule has 0 atom stereocenters. The number of anilines is 2. The summed E-state index contributed by atoms with van der Waals surface area (Å²) in [6.07, 6.45) is 3.36. The second kappa shape index (κ2) is 7.61. The van der Waals surface area contributed by atoms with Crippen LogP contribution in [0.5, 0.6) is 5.75 Å². The van der Waals surface area contributed by atoms with E-state index >= 15 is 0 Å². The van der Waals surface area contributed by atoms with Gasteiger partial charge in [0.15, 0.2) is 0 Å². The predicted octanol–water partition coefficient (Wildman–Crippen LogP) is 3.80. The van der Waals surface area contributed by atoms with Crippen molar-refractivity contribution in [2.24, 2.45) is 0 Å². The van der Waals surface area contributed by atoms with Gasteiger partial charge in [0.05, 0.1) is 18.4 Å². The summed E-state index contributed by atoms with van der Waals surface area (Å²) in [5, 5.41) is 2.90. The van der Waals surface area contributed by atoms with Gasteiger partial charge in [0, 0.05) is 29.6 Å². The number of rotatable bonds is 5. The van der Waals surface area contributed by atoms with Crippen LogP contribution < -0.4 is 15.0 Å². The molecule has 3 rings (SSSR count). The van der Waals surface area contributed by atoms with Gasteiger partial charge < -0.3 is 15.0 Å². The first-order valence-electron chi connectivity index (χ1n) is 8.07. The van der Waals surface area contributed by atoms with Crippen LogP contribution in [0.1, 0.15) is 23.2 Å². The van der Waals surface area contributed by atoms with Gasteiger partial charge in [-0.2, -0.15) is 0 Å². The Hall–Kier alpha value is -2.47. The Kier molecular flexibility index (Phi) is 5.28. The van der Waals surface area contributed by atoms with Gasteiger partial charge in [-0.15, -0.1) is 11.8 Å². The van der Waals surface area contributed by atoms with E-state index in [9.17, 15) is 9.59 Å². The summed E-state index contributed by atoms with van der Waals surface area (Å²) in [5.41, 5.74) is 2.01. The number of hydrogen-bond acceptors (Lipinski definition) is 4. The Bertz CT molecular complexity index is 807. The van der Waals surface area contributed by atoms with E-state index in [0.717, 1.165) is 17.0 Å². The largest absolute Gasteiger partial charge is 0.494 e. The number of hydrogen-bond donors (Lipinski definition) is 1. The second-order valence-electron chi connectivity index (χ2n) is 5.69. The molecule has 1 heterocycles. The van der Waals surface area contributed by atoms with Gasteiger partial charge in [-0.3, -0.25) is 9.59 Å². The zero-order valence-electron chi connectivity index (χ0n) is 14.2. The monoisotopic (exact) mass is 356 g/mol. The SMILES string of the molecule is COc1cc(NC(=O)c2ccccc2SC)ccc1N1CCCC1=O. The highest BCUT2D eigenvalue weighted by molar-refractivity contribution is 7.98. The minimum Gasteiger partial charge on any atom is -0.494 e. The molecule has 1 saturated heterocycles. The van der Waals surface area contributed by atoms with Crippen molar-refractivity contribution < 1.29 is 14.3 Å². The number of amides is 2. The van der Waals surface area contributed by atoms with Crippen LogP contribution >= 0.6 is 11.8 Å². The third kappa shape index (κ3) is 3.64. The van der Waals surface area contributed by atoms with E-state index in [2.05, 4.69) is 5.32 Å². The molecule has 6 heteroatoms. The standard InChI is InChI=1S/C19H20N2O3S/c1-24-16-12-13(9-10-15(16)21-11-5-8-18(21)22)20-19(23)14-6-3-4-7-17(14)25-2/h3-4,6-7,9-10,12H,5,8,11H2,1-2H3,(H,20,23). The van der Waals surface area contributed by atoms with Crippen molar-refractivity contribution in [1.82, 2.24) is 0 Å². The van der Waals surface area contributed by atoms with Crippen LogP contribution in [-0.4, -0.2) is 31.7 Å². The smallest absolute Gasteiger partial charge is 0.256 e. The molecule has 1 N–H and O–H groups in total. The Balaban J connectivity index is 1.83. The molecule has 0 aromatic heterocycles. The zero-order chi connectivity index (χ0) is 17.8. The number of ether oxygens (including phenoxy) is 1. The maximum Gasteiger partial charge on any atom is 0.256 e. The van der Waals surface area contributed by atoms with Crippen molar-refractivity contribution in [3.63, 3.8) is 0 Å². The van der Waals surface area contributed by atoms with Crippen LogP contribution in [0.3, 0.4) is 0 Å². The van der Waals surface area contributed by atoms with Crippen molar-refractivity contribution in [3.05, 3.63) is 48.0 Å². The fourth-order valence-electron chi connectivity index (χ4n) is 2.91. The van der Waals surface area contributed by atoms with Crippen molar-refractivity contribution in [3.8, 4) is 5.75 Å². The summed E-state index contributed by atoms with van der Waals surface area (Å²) in [7, 11) is 1.56. The summed E-state index contributed by atoms with van der Waals surface area (Å²) in [5.74, 6) is 0.507. The van der Waals surface area contributed by atoms with E-state index < -0.39 is 0 Å². The molecule has 25 heavy (non-hydrogen) atoms. The first-order valence-corrected chi connectivity index (χ1v) is 9.29. The fraction of sp³-hybridized carbons (Fsp3) is 0.263. The van der Waals surface area contributed by atoms with Crippen molar-refractivity contribution in [2.75, 3.05) is 30.1 Å². The van der Waals surface area contributed by atoms with E-state index in [0.29, 0.717) is 30.0 Å². The second-order valence-corrected chi connectivity index (χ2v) is 6.54. The summed E-state index contributed by atoms with van der Waals surface area (Å²) in [4.78, 5) is 27.2. The van der Waals surface area contributed by atoms with Gasteiger partial charge in [-0.25, -0.2) is 0 Å². The maximum atomic E-state index is 12.6. The molecule has 0 radical (unpaired) electrons. The topological polar surface area (TPSA) is 58.6 Å². The van der Waals surface area contributed by atoms with Crippen LogP contribution in [0, 0.1) is 0 Å². The lowest BCUT2D eigenvalue weighted by atomic mass is 10.2. The molecular formula is C19H20N2O3S. The maximum absolute atomic E-state index is 12.6. The van der Waals surface area contributed by atoms with Crippen molar-refractivity contribution in [2.45, 2.75) is 17.7 Å². The van der Waals surface area contributed by atoms with Crippen LogP contribution in [0.2, 0.25) is 0 Å². The minimum absolute atomic E-state index is 0.101. The molecule has 5 nitrogen and oxygen atoms in total. The predicted molar refractivity (Wildman–Crippen MR) is 101 cm³/mol. The first-order chi connectivity index (χ1) is 12.1. The Labute approximate surface area is 151 Å². The molecule has 0 bridgehead atoms. The van der Waals surface area contributed by atoms with Crippen molar-refractivity contribution >= 4 is 35.0 Å². The van der Waals surface area contributed by atoms with Crippen LogP contribution in [0.25, 0.3) is 0 Å². The van der Waals surface area contributed by atoms with Gasteiger partial charge in [-0.05, 0) is 36.9 Å². The number of carbonyl (C=O) groups is 2. The Morgan fingerprint density at radius 2 is 2.04 bits per heavy atom. The molecular weight excluding hydrogens is 336 g/mol. The molecule has 0 spiro atoms. The van der Waals surface area contributed by atoms with Crippen LogP contribution in [0.15, 0.2) is 47.4 Å². The quantitative estimate of drug-likeness (QED) is 0.828. The average Bonchev–Trinajstić information content (AvgIpc) is 3.07. The molecule has 2 amide bonds. The normalized spacial score (nSPS) is 13.8. The number of carbonyl (C=O) groups excluding carboxylic acids is 2. The van der Waals surface area contributed by atoms with E-state index in [4.69, 9.17) is 4.74 Å². The molecule has 0 aliphatic carbocycles. The fourth-order valence-corrected chi connectivity index (χ4v) is 3.51. The molecule has 0 saturated carbocycles. The zero-order valence-corrected chi connectivity index (χ0v) is 15.1. The van der Waals surface area contributed by atoms with Gasteiger partial charge in [0.25, 0.3) is 5.91 Å². The lowest BCUT2D eigenvalue weighted by Crippen LogP contribution is -2.24. The van der Waals surface area contributed by atoms with E-state index in [1.807, 2.05) is 30.5 Å². The molecule has 1 aliphatic rings. The van der Waals surface area contributed by atoms with Gasteiger partial charge in [0.2, 0.25) is 5.91 Å². The molecule has 2 aromatic carbocycles. The third-order valence-electron chi connectivity index (χ3n) is 4.15. The molecule has 2 aromatic rings. The first kappa shape index (κ1) is 17.4. The van der Waals surface area contributed by atoms with Gasteiger partial charge in [-0.1, -0.05) is 12.1 Å². The molecule has 1 fully saturated rings. The van der Waals surface area contributed by atoms with Gasteiger partial charge in [0.1, 0.15) is 5.75 Å². The summed E-state index contributed by atoms with van der Waals surface area (Å²) in [6, 6.07) is 12.8. The number of thioether (sulfide) groups is 1. The molecule has 0 unspecified atom stereocenters. The summed E-state index contributed by atoms with van der Waals surface area (Å²) in [6.45, 7) is 0.696. The lowest BCUT2D eigenvalue weighted by Gasteiger charge is -2.19. The number of nitrogens with one attached hydrogen (secondary N) is 1. The molecule has 130 valence electrons. The molecule has 1 aliphatic heterocycles. The lowest BCUT2D eigenvalue weighted by molar-refractivity contribution is -0.117. The Morgan fingerprint density at radius 1 is 1.24 bits per heavy atom. The van der Waals surface area contributed by atoms with Gasteiger partial charge >= 0.3 is 0 Å². The van der Waals surface area contributed by atoms with E-state index in [1.165, 1.54) is 11.8 Å². The minimum atomic E-state index is -0.169. The van der Waals surface area contributed by atoms with E-state index in [-0.39, 0.29) is 11.8 Å². The number of nitrogens with zero attached hydrogens (tertiary/aromatic N) is 1. The summed E-state index contributed by atoms with van der Waals surface area (Å²) >= 11 is 1.53.